The van der Waals surface area contributed by atoms with Crippen LogP contribution in [0.4, 0.5) is 0 Å². The number of benzene rings is 2. The lowest BCUT2D eigenvalue weighted by molar-refractivity contribution is 0.269. The minimum absolute atomic E-state index is 0.161. The van der Waals surface area contributed by atoms with Crippen LogP contribution in [0.2, 0.25) is 0 Å². The molecule has 3 aromatic rings. The van der Waals surface area contributed by atoms with Gasteiger partial charge in [0.2, 0.25) is 0 Å². The van der Waals surface area contributed by atoms with Gasteiger partial charge in [-0.25, -0.2) is 0 Å². The van der Waals surface area contributed by atoms with E-state index in [4.69, 9.17) is 12.2 Å². The molecule has 0 fully saturated rings. The summed E-state index contributed by atoms with van der Waals surface area (Å²) in [6.45, 7) is -0.161. The van der Waals surface area contributed by atoms with Gasteiger partial charge in [-0.15, -0.1) is 0 Å². The smallest absolute Gasteiger partial charge is 0.199 e. The number of aliphatic hydroxyl groups is 1. The second-order valence-corrected chi connectivity index (χ2v) is 5.42. The quantitative estimate of drug-likeness (QED) is 0.706. The van der Waals surface area contributed by atoms with E-state index in [2.05, 4.69) is 32.2 Å². The van der Waals surface area contributed by atoms with E-state index in [-0.39, 0.29) is 6.61 Å². The molecule has 1 aromatic heterocycles. The van der Waals surface area contributed by atoms with Crippen molar-refractivity contribution in [3.63, 3.8) is 0 Å². The number of aromatic nitrogens is 3. The van der Waals surface area contributed by atoms with Gasteiger partial charge in [-0.1, -0.05) is 28.1 Å². The summed E-state index contributed by atoms with van der Waals surface area (Å²) in [5.74, 6) is 0.501. The maximum absolute atomic E-state index is 9.29. The molecule has 96 valence electrons. The standard InChI is InChI=1S/C13H10BrN3OS/c14-10-3-1-9-6-11(4-2-8(9)5-10)17-12(7-18)15-16-13(17)19/h1-6,18H,7H2,(H,16,19). The van der Waals surface area contributed by atoms with Crippen LogP contribution in [-0.4, -0.2) is 19.9 Å². The molecule has 0 aliphatic carbocycles. The molecule has 0 atom stereocenters. The molecule has 2 aromatic carbocycles. The lowest BCUT2D eigenvalue weighted by Gasteiger charge is -2.07. The summed E-state index contributed by atoms with van der Waals surface area (Å²) in [6.07, 6.45) is 0. The zero-order chi connectivity index (χ0) is 13.4. The zero-order valence-electron chi connectivity index (χ0n) is 9.80. The van der Waals surface area contributed by atoms with Crippen LogP contribution in [0.1, 0.15) is 5.82 Å². The Morgan fingerprint density at radius 2 is 1.95 bits per heavy atom. The molecule has 0 saturated carbocycles. The number of rotatable bonds is 2. The molecular formula is C13H10BrN3OS. The summed E-state index contributed by atoms with van der Waals surface area (Å²) in [6, 6.07) is 12.1. The number of aliphatic hydroxyl groups excluding tert-OH is 1. The van der Waals surface area contributed by atoms with Crippen LogP contribution in [0.15, 0.2) is 40.9 Å². The first-order valence-electron chi connectivity index (χ1n) is 5.66. The largest absolute Gasteiger partial charge is 0.388 e. The van der Waals surface area contributed by atoms with E-state index >= 15 is 0 Å². The van der Waals surface area contributed by atoms with Crippen LogP contribution in [0.25, 0.3) is 16.5 Å². The Morgan fingerprint density at radius 3 is 2.74 bits per heavy atom. The van der Waals surface area contributed by atoms with Crippen molar-refractivity contribution in [3.8, 4) is 5.69 Å². The number of hydrogen-bond acceptors (Lipinski definition) is 3. The molecule has 3 rings (SSSR count). The molecular weight excluding hydrogens is 326 g/mol. The fraction of sp³-hybridized carbons (Fsp3) is 0.0769. The first-order chi connectivity index (χ1) is 9.19. The Hall–Kier alpha value is -1.50. The van der Waals surface area contributed by atoms with Gasteiger partial charge < -0.3 is 5.11 Å². The molecule has 4 nitrogen and oxygen atoms in total. The molecule has 0 unspecified atom stereocenters. The highest BCUT2D eigenvalue weighted by molar-refractivity contribution is 9.10. The Bertz CT molecular complexity index is 809. The summed E-state index contributed by atoms with van der Waals surface area (Å²) in [4.78, 5) is 0. The Kier molecular flexibility index (Phi) is 3.22. The minimum atomic E-state index is -0.161. The van der Waals surface area contributed by atoms with Crippen LogP contribution >= 0.6 is 28.1 Å². The van der Waals surface area contributed by atoms with Gasteiger partial charge in [-0.2, -0.15) is 5.10 Å². The second kappa shape index (κ2) is 4.88. The molecule has 0 aliphatic heterocycles. The van der Waals surface area contributed by atoms with Crippen molar-refractivity contribution in [1.82, 2.24) is 14.8 Å². The first kappa shape index (κ1) is 12.5. The number of fused-ring (bicyclic) bond motifs is 1. The normalized spacial score (nSPS) is 11.1. The lowest BCUT2D eigenvalue weighted by atomic mass is 10.1. The fourth-order valence-electron chi connectivity index (χ4n) is 2.04. The summed E-state index contributed by atoms with van der Waals surface area (Å²) < 4.78 is 3.25. The number of nitrogens with one attached hydrogen (secondary N) is 1. The van der Waals surface area contributed by atoms with E-state index in [0.29, 0.717) is 10.6 Å². The third-order valence-electron chi connectivity index (χ3n) is 2.93. The van der Waals surface area contributed by atoms with Gasteiger partial charge in [0, 0.05) is 4.47 Å². The van der Waals surface area contributed by atoms with Crippen molar-refractivity contribution in [1.29, 1.82) is 0 Å². The van der Waals surface area contributed by atoms with E-state index in [9.17, 15) is 5.11 Å². The average molecular weight is 336 g/mol. The Balaban J connectivity index is 2.23. The minimum Gasteiger partial charge on any atom is -0.388 e. The predicted octanol–water partition coefficient (Wildman–Crippen LogP) is 3.34. The van der Waals surface area contributed by atoms with E-state index in [0.717, 1.165) is 20.9 Å². The van der Waals surface area contributed by atoms with E-state index in [1.807, 2.05) is 30.3 Å². The van der Waals surface area contributed by atoms with E-state index in [1.165, 1.54) is 0 Å². The SMILES string of the molecule is OCc1n[nH]c(=S)n1-c1ccc2cc(Br)ccc2c1. The monoisotopic (exact) mass is 335 g/mol. The van der Waals surface area contributed by atoms with E-state index < -0.39 is 0 Å². The van der Waals surface area contributed by atoms with Gasteiger partial charge in [-0.05, 0) is 47.3 Å². The van der Waals surface area contributed by atoms with E-state index in [1.54, 1.807) is 4.57 Å². The highest BCUT2D eigenvalue weighted by Crippen LogP contribution is 2.23. The first-order valence-corrected chi connectivity index (χ1v) is 6.86. The van der Waals surface area contributed by atoms with Crippen molar-refractivity contribution < 1.29 is 5.11 Å². The van der Waals surface area contributed by atoms with Crippen LogP contribution in [0.3, 0.4) is 0 Å². The second-order valence-electron chi connectivity index (χ2n) is 4.11. The predicted molar refractivity (Wildman–Crippen MR) is 79.9 cm³/mol. The molecule has 1 heterocycles. The van der Waals surface area contributed by atoms with Gasteiger partial charge >= 0.3 is 0 Å². The number of hydrogen-bond donors (Lipinski definition) is 2. The Morgan fingerprint density at radius 1 is 1.21 bits per heavy atom. The van der Waals surface area contributed by atoms with Gasteiger partial charge in [0.15, 0.2) is 10.6 Å². The van der Waals surface area contributed by atoms with Crippen LogP contribution in [0.5, 0.6) is 0 Å². The lowest BCUT2D eigenvalue weighted by Crippen LogP contribution is -2.01. The maximum Gasteiger partial charge on any atom is 0.199 e. The fourth-order valence-corrected chi connectivity index (χ4v) is 2.68. The molecule has 0 spiro atoms. The van der Waals surface area contributed by atoms with Gasteiger partial charge in [0.05, 0.1) is 5.69 Å². The summed E-state index contributed by atoms with van der Waals surface area (Å²) in [7, 11) is 0. The third-order valence-corrected chi connectivity index (χ3v) is 3.69. The third kappa shape index (κ3) is 2.22. The van der Waals surface area contributed by atoms with Crippen LogP contribution in [-0.2, 0) is 6.61 Å². The van der Waals surface area contributed by atoms with Gasteiger partial charge in [0.1, 0.15) is 6.61 Å². The molecule has 6 heteroatoms. The zero-order valence-corrected chi connectivity index (χ0v) is 12.2. The number of aromatic amines is 1. The van der Waals surface area contributed by atoms with Crippen LogP contribution in [0, 0.1) is 4.77 Å². The van der Waals surface area contributed by atoms with Gasteiger partial charge in [0.25, 0.3) is 0 Å². The topological polar surface area (TPSA) is 53.8 Å². The molecule has 19 heavy (non-hydrogen) atoms. The highest BCUT2D eigenvalue weighted by atomic mass is 79.9. The number of nitrogens with zero attached hydrogens (tertiary/aromatic N) is 2. The molecule has 2 N–H and O–H groups in total. The number of H-pyrrole nitrogens is 1. The average Bonchev–Trinajstić information content (AvgIpc) is 2.79. The van der Waals surface area contributed by atoms with Crippen molar-refractivity contribution in [2.75, 3.05) is 0 Å². The molecule has 0 amide bonds. The van der Waals surface area contributed by atoms with Crippen molar-refractivity contribution in [2.24, 2.45) is 0 Å². The van der Waals surface area contributed by atoms with Crippen molar-refractivity contribution in [3.05, 3.63) is 51.5 Å². The highest BCUT2D eigenvalue weighted by Gasteiger charge is 2.07. The van der Waals surface area contributed by atoms with Crippen molar-refractivity contribution >= 4 is 38.9 Å². The summed E-state index contributed by atoms with van der Waals surface area (Å²) in [5, 5.41) is 18.2. The summed E-state index contributed by atoms with van der Waals surface area (Å²) >= 11 is 8.65. The molecule has 0 radical (unpaired) electrons. The molecule has 0 bridgehead atoms. The van der Waals surface area contributed by atoms with Gasteiger partial charge in [-0.3, -0.25) is 9.67 Å². The molecule has 0 aliphatic rings. The maximum atomic E-state index is 9.29. The summed E-state index contributed by atoms with van der Waals surface area (Å²) in [5.41, 5.74) is 0.887. The van der Waals surface area contributed by atoms with Crippen molar-refractivity contribution in [2.45, 2.75) is 6.61 Å². The Labute approximate surface area is 122 Å². The number of halogens is 1. The van der Waals surface area contributed by atoms with Crippen LogP contribution < -0.4 is 0 Å². The molecule has 0 saturated heterocycles.